The highest BCUT2D eigenvalue weighted by atomic mass is 16.5. The van der Waals surface area contributed by atoms with E-state index in [0.717, 1.165) is 51.8 Å². The van der Waals surface area contributed by atoms with Gasteiger partial charge in [-0.1, -0.05) is 91.0 Å². The molecule has 1 atom stereocenters. The van der Waals surface area contributed by atoms with Crippen LogP contribution in [0.2, 0.25) is 0 Å². The molecule has 1 aliphatic carbocycles. The van der Waals surface area contributed by atoms with Crippen LogP contribution in [0.3, 0.4) is 0 Å². The molecule has 5 aromatic rings. The lowest BCUT2D eigenvalue weighted by Crippen LogP contribution is -2.26. The molecule has 0 N–H and O–H groups in total. The fourth-order valence-corrected chi connectivity index (χ4v) is 5.18. The third kappa shape index (κ3) is 5.28. The first-order valence-electron chi connectivity index (χ1n) is 13.8. The third-order valence-corrected chi connectivity index (χ3v) is 7.26. The Morgan fingerprint density at radius 2 is 1.41 bits per heavy atom. The molecule has 0 spiro atoms. The van der Waals surface area contributed by atoms with Crippen LogP contribution in [0.1, 0.15) is 12.5 Å². The molecule has 0 saturated carbocycles. The van der Waals surface area contributed by atoms with Crippen LogP contribution in [0.4, 0.5) is 11.4 Å². The smallest absolute Gasteiger partial charge is 0.129 e. The van der Waals surface area contributed by atoms with Gasteiger partial charge in [0, 0.05) is 17.3 Å². The fraction of sp³-hybridized carbons (Fsp3) is 0.0857. The molecule has 6 nitrogen and oxygen atoms in total. The summed E-state index contributed by atoms with van der Waals surface area (Å²) >= 11 is 0. The van der Waals surface area contributed by atoms with Gasteiger partial charge in [0.1, 0.15) is 24.5 Å². The van der Waals surface area contributed by atoms with Gasteiger partial charge in [0.2, 0.25) is 0 Å². The van der Waals surface area contributed by atoms with Crippen LogP contribution in [0.5, 0.6) is 11.5 Å². The predicted molar refractivity (Wildman–Crippen MR) is 166 cm³/mol. The van der Waals surface area contributed by atoms with Crippen LogP contribution in [-0.2, 0) is 0 Å². The number of hydrogen-bond donors (Lipinski definition) is 0. The van der Waals surface area contributed by atoms with E-state index in [0.29, 0.717) is 6.67 Å². The average Bonchev–Trinajstić information content (AvgIpc) is 3.72. The minimum Gasteiger partial charge on any atom is -0.457 e. The van der Waals surface area contributed by atoms with Crippen molar-refractivity contribution in [2.24, 2.45) is 5.10 Å². The van der Waals surface area contributed by atoms with Gasteiger partial charge in [-0.25, -0.2) is 5.01 Å². The lowest BCUT2D eigenvalue weighted by atomic mass is 10.1. The summed E-state index contributed by atoms with van der Waals surface area (Å²) in [5, 5.41) is 11.6. The maximum absolute atomic E-state index is 6.34. The summed E-state index contributed by atoms with van der Waals surface area (Å²) in [5.41, 5.74) is 6.24. The Hall–Kier alpha value is -5.36. The number of para-hydroxylation sites is 1. The zero-order chi connectivity index (χ0) is 27.4. The van der Waals surface area contributed by atoms with Crippen LogP contribution in [-0.4, -0.2) is 22.8 Å². The summed E-state index contributed by atoms with van der Waals surface area (Å²) in [6.45, 7) is 0.640. The first-order valence-corrected chi connectivity index (χ1v) is 13.8. The monoisotopic (exact) mass is 535 g/mol. The van der Waals surface area contributed by atoms with Gasteiger partial charge in [0.05, 0.1) is 23.1 Å². The summed E-state index contributed by atoms with van der Waals surface area (Å²) in [5.74, 6) is 1.51. The molecule has 0 radical (unpaired) electrons. The lowest BCUT2D eigenvalue weighted by molar-refractivity contribution is 0.483. The standard InChI is InChI=1S/C35H29N5O/c1-4-12-27(13-5-1)35-24-34(37-40(35)30-17-8-3-9-18-30)28-14-10-20-32(22-28)41-33-21-11-19-31(23-33)39-26-38(25-36-39)29-15-6-2-7-16-29/h1-17,19-25,30H,18,26H2/t30-/m1/s1. The van der Waals surface area contributed by atoms with Crippen LogP contribution in [0.15, 0.2) is 145 Å². The molecule has 0 unspecified atom stereocenters. The molecule has 0 fully saturated rings. The van der Waals surface area contributed by atoms with Gasteiger partial charge in [0.15, 0.2) is 0 Å². The van der Waals surface area contributed by atoms with Gasteiger partial charge >= 0.3 is 0 Å². The van der Waals surface area contributed by atoms with Crippen molar-refractivity contribution in [1.82, 2.24) is 9.78 Å². The molecule has 0 saturated heterocycles. The van der Waals surface area contributed by atoms with Crippen LogP contribution < -0.4 is 14.6 Å². The van der Waals surface area contributed by atoms with Gasteiger partial charge in [0.25, 0.3) is 0 Å². The molecule has 0 amide bonds. The van der Waals surface area contributed by atoms with E-state index in [4.69, 9.17) is 9.84 Å². The molecular weight excluding hydrogens is 506 g/mol. The maximum Gasteiger partial charge on any atom is 0.129 e. The first kappa shape index (κ1) is 24.7. The van der Waals surface area contributed by atoms with Crippen LogP contribution in [0.25, 0.3) is 22.5 Å². The summed E-state index contributed by atoms with van der Waals surface area (Å²) in [6, 6.07) is 39.2. The zero-order valence-electron chi connectivity index (χ0n) is 22.5. The van der Waals surface area contributed by atoms with Crippen molar-refractivity contribution in [2.75, 3.05) is 16.6 Å². The normalized spacial score (nSPS) is 16.0. The highest BCUT2D eigenvalue weighted by Gasteiger charge is 2.19. The molecule has 1 aliphatic heterocycles. The number of ether oxygens (including phenoxy) is 1. The van der Waals surface area contributed by atoms with Crippen molar-refractivity contribution >= 4 is 17.7 Å². The largest absolute Gasteiger partial charge is 0.457 e. The van der Waals surface area contributed by atoms with Gasteiger partial charge in [-0.2, -0.15) is 10.2 Å². The van der Waals surface area contributed by atoms with Crippen molar-refractivity contribution in [2.45, 2.75) is 12.5 Å². The molecule has 1 aromatic heterocycles. The Morgan fingerprint density at radius 3 is 2.22 bits per heavy atom. The Labute approximate surface area is 239 Å². The first-order chi connectivity index (χ1) is 20.3. The van der Waals surface area contributed by atoms with Crippen molar-refractivity contribution in [1.29, 1.82) is 0 Å². The number of allylic oxidation sites excluding steroid dienone is 4. The van der Waals surface area contributed by atoms with Crippen molar-refractivity contribution in [3.8, 4) is 34.0 Å². The van der Waals surface area contributed by atoms with E-state index >= 15 is 0 Å². The van der Waals surface area contributed by atoms with E-state index in [9.17, 15) is 0 Å². The van der Waals surface area contributed by atoms with Gasteiger partial charge in [-0.3, -0.25) is 4.68 Å². The molecule has 200 valence electrons. The molecular formula is C35H29N5O. The second kappa shape index (κ2) is 11.0. The molecule has 2 aliphatic rings. The second-order valence-electron chi connectivity index (χ2n) is 10.0. The zero-order valence-corrected chi connectivity index (χ0v) is 22.5. The Kier molecular flexibility index (Phi) is 6.63. The molecule has 2 heterocycles. The predicted octanol–water partition coefficient (Wildman–Crippen LogP) is 8.29. The van der Waals surface area contributed by atoms with E-state index in [1.165, 1.54) is 0 Å². The molecule has 6 heteroatoms. The topological polar surface area (TPSA) is 45.9 Å². The fourth-order valence-electron chi connectivity index (χ4n) is 5.18. The van der Waals surface area contributed by atoms with E-state index in [2.05, 4.69) is 93.6 Å². The third-order valence-electron chi connectivity index (χ3n) is 7.26. The minimum absolute atomic E-state index is 0.178. The summed E-state index contributed by atoms with van der Waals surface area (Å²) < 4.78 is 8.48. The molecule has 7 rings (SSSR count). The number of aromatic nitrogens is 2. The Morgan fingerprint density at radius 1 is 0.683 bits per heavy atom. The highest BCUT2D eigenvalue weighted by Crippen LogP contribution is 2.34. The number of anilines is 2. The highest BCUT2D eigenvalue weighted by molar-refractivity contribution is 5.83. The number of rotatable bonds is 7. The van der Waals surface area contributed by atoms with Crippen LogP contribution in [0, 0.1) is 0 Å². The van der Waals surface area contributed by atoms with Gasteiger partial charge < -0.3 is 9.64 Å². The summed E-state index contributed by atoms with van der Waals surface area (Å²) in [6.07, 6.45) is 11.4. The second-order valence-corrected chi connectivity index (χ2v) is 10.0. The van der Waals surface area contributed by atoms with Gasteiger partial charge in [-0.15, -0.1) is 0 Å². The quantitative estimate of drug-likeness (QED) is 0.210. The SMILES string of the molecule is C1=CC[C@H](n2nc(-c3cccc(Oc4cccc(N5CN(c6ccccc6)C=N5)c4)c3)cc2-c2ccccc2)C=C1. The number of hydrogen-bond acceptors (Lipinski definition) is 5. The lowest BCUT2D eigenvalue weighted by Gasteiger charge is -2.19. The van der Waals surface area contributed by atoms with E-state index in [-0.39, 0.29) is 6.04 Å². The summed E-state index contributed by atoms with van der Waals surface area (Å²) in [7, 11) is 0. The van der Waals surface area contributed by atoms with Crippen molar-refractivity contribution in [3.05, 3.63) is 140 Å². The average molecular weight is 536 g/mol. The Balaban J connectivity index is 1.13. The minimum atomic E-state index is 0.178. The number of nitrogens with zero attached hydrogens (tertiary/aromatic N) is 5. The Bertz CT molecular complexity index is 1740. The molecule has 4 aromatic carbocycles. The number of benzene rings is 4. The van der Waals surface area contributed by atoms with Crippen molar-refractivity contribution < 1.29 is 4.74 Å². The van der Waals surface area contributed by atoms with Crippen molar-refractivity contribution in [3.63, 3.8) is 0 Å². The van der Waals surface area contributed by atoms with E-state index < -0.39 is 0 Å². The number of hydrazone groups is 1. The van der Waals surface area contributed by atoms with Crippen LogP contribution >= 0.6 is 0 Å². The maximum atomic E-state index is 6.34. The van der Waals surface area contributed by atoms with Gasteiger partial charge in [-0.05, 0) is 54.4 Å². The van der Waals surface area contributed by atoms with E-state index in [1.807, 2.05) is 72.0 Å². The molecule has 0 bridgehead atoms. The van der Waals surface area contributed by atoms with E-state index in [1.54, 1.807) is 0 Å². The summed E-state index contributed by atoms with van der Waals surface area (Å²) in [4.78, 5) is 2.11. The molecule has 41 heavy (non-hydrogen) atoms.